The lowest BCUT2D eigenvalue weighted by atomic mass is 9.80. The van der Waals surface area contributed by atoms with Gasteiger partial charge < -0.3 is 19.1 Å². The Labute approximate surface area is 198 Å². The van der Waals surface area contributed by atoms with Crippen molar-refractivity contribution in [2.24, 2.45) is 10.9 Å². The Bertz CT molecular complexity index is 920. The Morgan fingerprint density at radius 1 is 1.06 bits per heavy atom. The van der Waals surface area contributed by atoms with Crippen LogP contribution in [-0.2, 0) is 21.7 Å². The molecular formula is C28H39N2O3+. The molecule has 0 bridgehead atoms. The number of likely N-dealkylation sites (N-methyl/N-ethyl adjacent to an activating group) is 1. The SMILES string of the molecule is Cc1ccc(COCC[N+](C)(C)CC2CN=C(C(O)(c3ccccc3)C3CCCC3)O2)cc1. The zero-order chi connectivity index (χ0) is 23.3. The van der Waals surface area contributed by atoms with Crippen molar-refractivity contribution in [1.29, 1.82) is 0 Å². The maximum atomic E-state index is 11.9. The summed E-state index contributed by atoms with van der Waals surface area (Å²) in [5.41, 5.74) is 2.24. The standard InChI is InChI=1S/C28H39N2O3/c1-22-13-15-23(16-14-22)21-32-18-17-30(2,3)20-26-19-29-27(33-26)28(31,25-11-7-8-12-25)24-9-5-4-6-10-24/h4-6,9-10,13-16,25-26,31H,7-8,11-12,17-21H2,1-3H3/q+1. The molecule has 5 heteroatoms. The van der Waals surface area contributed by atoms with Gasteiger partial charge in [0.1, 0.15) is 13.1 Å². The topological polar surface area (TPSA) is 51.0 Å². The average Bonchev–Trinajstić information content (AvgIpc) is 3.51. The van der Waals surface area contributed by atoms with Crippen LogP contribution in [0.4, 0.5) is 0 Å². The number of aliphatic hydroxyl groups is 1. The summed E-state index contributed by atoms with van der Waals surface area (Å²) in [5, 5.41) is 11.9. The Morgan fingerprint density at radius 2 is 1.76 bits per heavy atom. The number of rotatable bonds is 10. The van der Waals surface area contributed by atoms with Crippen molar-refractivity contribution in [1.82, 2.24) is 0 Å². The van der Waals surface area contributed by atoms with E-state index in [0.29, 0.717) is 25.7 Å². The monoisotopic (exact) mass is 451 g/mol. The van der Waals surface area contributed by atoms with Crippen molar-refractivity contribution >= 4 is 5.90 Å². The summed E-state index contributed by atoms with van der Waals surface area (Å²) in [6.45, 7) is 5.75. The van der Waals surface area contributed by atoms with Crippen LogP contribution in [-0.4, -0.2) is 61.9 Å². The van der Waals surface area contributed by atoms with Crippen LogP contribution in [0.2, 0.25) is 0 Å². The molecule has 0 radical (unpaired) electrons. The van der Waals surface area contributed by atoms with Crippen LogP contribution in [0.3, 0.4) is 0 Å². The van der Waals surface area contributed by atoms with Crippen LogP contribution >= 0.6 is 0 Å². The molecule has 2 atom stereocenters. The number of quaternary nitrogens is 1. The molecule has 1 fully saturated rings. The van der Waals surface area contributed by atoms with E-state index in [2.05, 4.69) is 45.3 Å². The molecule has 0 amide bonds. The van der Waals surface area contributed by atoms with Gasteiger partial charge in [-0.3, -0.25) is 0 Å². The molecule has 2 aromatic carbocycles. The van der Waals surface area contributed by atoms with Crippen LogP contribution in [0.1, 0.15) is 42.4 Å². The number of hydrogen-bond donors (Lipinski definition) is 1. The number of nitrogens with zero attached hydrogens (tertiary/aromatic N) is 2. The third kappa shape index (κ3) is 5.84. The molecule has 0 spiro atoms. The number of aryl methyl sites for hydroxylation is 1. The van der Waals surface area contributed by atoms with E-state index in [1.807, 2.05) is 30.3 Å². The van der Waals surface area contributed by atoms with E-state index in [0.717, 1.165) is 48.8 Å². The van der Waals surface area contributed by atoms with Gasteiger partial charge in [-0.1, -0.05) is 73.0 Å². The highest BCUT2D eigenvalue weighted by molar-refractivity contribution is 5.88. The Hall–Kier alpha value is -2.21. The minimum atomic E-state index is -1.12. The molecule has 1 N–H and O–H groups in total. The molecule has 1 heterocycles. The van der Waals surface area contributed by atoms with E-state index < -0.39 is 5.60 Å². The van der Waals surface area contributed by atoms with Crippen LogP contribution in [0.25, 0.3) is 0 Å². The first kappa shape index (κ1) is 23.9. The fourth-order valence-corrected chi connectivity index (χ4v) is 5.12. The number of ether oxygens (including phenoxy) is 2. The average molecular weight is 452 g/mol. The van der Waals surface area contributed by atoms with Gasteiger partial charge in [0.15, 0.2) is 11.7 Å². The largest absolute Gasteiger partial charge is 0.467 e. The van der Waals surface area contributed by atoms with E-state index >= 15 is 0 Å². The van der Waals surface area contributed by atoms with Crippen molar-refractivity contribution < 1.29 is 19.1 Å². The second-order valence-corrected chi connectivity index (χ2v) is 10.4. The Kier molecular flexibility index (Phi) is 7.52. The minimum Gasteiger partial charge on any atom is -0.467 e. The molecule has 0 aromatic heterocycles. The van der Waals surface area contributed by atoms with Gasteiger partial charge in [-0.2, -0.15) is 0 Å². The number of aliphatic imine (C=N–C) groups is 1. The number of hydrogen-bond acceptors (Lipinski definition) is 4. The highest BCUT2D eigenvalue weighted by atomic mass is 16.5. The molecule has 33 heavy (non-hydrogen) atoms. The Morgan fingerprint density at radius 3 is 2.45 bits per heavy atom. The van der Waals surface area contributed by atoms with Gasteiger partial charge in [0.2, 0.25) is 5.90 Å². The normalized spacial score (nSPS) is 21.0. The summed E-state index contributed by atoms with van der Waals surface area (Å²) >= 11 is 0. The van der Waals surface area contributed by atoms with E-state index in [4.69, 9.17) is 14.5 Å². The van der Waals surface area contributed by atoms with Gasteiger partial charge in [0.05, 0.1) is 33.9 Å². The van der Waals surface area contributed by atoms with Crippen LogP contribution in [0.5, 0.6) is 0 Å². The molecule has 178 valence electrons. The maximum Gasteiger partial charge on any atom is 0.222 e. The number of benzene rings is 2. The third-order valence-electron chi connectivity index (χ3n) is 7.13. The summed E-state index contributed by atoms with van der Waals surface area (Å²) in [4.78, 5) is 4.74. The molecule has 2 aromatic rings. The van der Waals surface area contributed by atoms with Gasteiger partial charge >= 0.3 is 0 Å². The lowest BCUT2D eigenvalue weighted by molar-refractivity contribution is -0.893. The van der Waals surface area contributed by atoms with Crippen molar-refractivity contribution in [3.63, 3.8) is 0 Å². The second-order valence-electron chi connectivity index (χ2n) is 10.4. The van der Waals surface area contributed by atoms with Crippen LogP contribution in [0, 0.1) is 12.8 Å². The smallest absolute Gasteiger partial charge is 0.222 e. The lowest BCUT2D eigenvalue weighted by Gasteiger charge is -2.35. The molecule has 5 nitrogen and oxygen atoms in total. The maximum absolute atomic E-state index is 11.9. The predicted molar refractivity (Wildman–Crippen MR) is 132 cm³/mol. The molecule has 4 rings (SSSR count). The summed E-state index contributed by atoms with van der Waals surface area (Å²) in [5.74, 6) is 0.677. The first-order valence-corrected chi connectivity index (χ1v) is 12.3. The quantitative estimate of drug-likeness (QED) is 0.429. The fraction of sp³-hybridized carbons (Fsp3) is 0.536. The van der Waals surface area contributed by atoms with Crippen molar-refractivity contribution in [3.8, 4) is 0 Å². The van der Waals surface area contributed by atoms with Crippen molar-refractivity contribution in [2.45, 2.75) is 50.9 Å². The van der Waals surface area contributed by atoms with Gasteiger partial charge in [-0.15, -0.1) is 0 Å². The van der Waals surface area contributed by atoms with E-state index in [-0.39, 0.29) is 12.0 Å². The molecule has 1 aliphatic heterocycles. The van der Waals surface area contributed by atoms with Gasteiger partial charge in [-0.25, -0.2) is 4.99 Å². The minimum absolute atomic E-state index is 0.0243. The van der Waals surface area contributed by atoms with Crippen LogP contribution < -0.4 is 0 Å². The molecule has 2 unspecified atom stereocenters. The second kappa shape index (κ2) is 10.4. The highest BCUT2D eigenvalue weighted by Crippen LogP contribution is 2.43. The summed E-state index contributed by atoms with van der Waals surface area (Å²) < 4.78 is 13.1. The summed E-state index contributed by atoms with van der Waals surface area (Å²) in [7, 11) is 4.41. The Balaban J connectivity index is 1.31. The molecule has 1 aliphatic carbocycles. The van der Waals surface area contributed by atoms with Crippen molar-refractivity contribution in [3.05, 3.63) is 71.3 Å². The molecule has 0 saturated heterocycles. The van der Waals surface area contributed by atoms with Gasteiger partial charge in [0.25, 0.3) is 0 Å². The van der Waals surface area contributed by atoms with E-state index in [1.165, 1.54) is 11.1 Å². The molecule has 1 saturated carbocycles. The van der Waals surface area contributed by atoms with Crippen LogP contribution in [0.15, 0.2) is 59.6 Å². The van der Waals surface area contributed by atoms with E-state index in [1.54, 1.807) is 0 Å². The predicted octanol–water partition coefficient (Wildman–Crippen LogP) is 4.46. The molecule has 2 aliphatic rings. The summed E-state index contributed by atoms with van der Waals surface area (Å²) in [6, 6.07) is 18.5. The lowest BCUT2D eigenvalue weighted by Crippen LogP contribution is -2.49. The zero-order valence-corrected chi connectivity index (χ0v) is 20.4. The zero-order valence-electron chi connectivity index (χ0n) is 20.4. The van der Waals surface area contributed by atoms with Crippen molar-refractivity contribution in [2.75, 3.05) is 40.3 Å². The van der Waals surface area contributed by atoms with Gasteiger partial charge in [0, 0.05) is 5.92 Å². The molecular weight excluding hydrogens is 412 g/mol. The highest BCUT2D eigenvalue weighted by Gasteiger charge is 2.48. The van der Waals surface area contributed by atoms with E-state index in [9.17, 15) is 5.11 Å². The third-order valence-corrected chi connectivity index (χ3v) is 7.13. The fourth-order valence-electron chi connectivity index (χ4n) is 5.12. The first-order chi connectivity index (χ1) is 15.9. The first-order valence-electron chi connectivity index (χ1n) is 12.3. The van der Waals surface area contributed by atoms with Gasteiger partial charge in [-0.05, 0) is 30.9 Å². The summed E-state index contributed by atoms with van der Waals surface area (Å²) in [6.07, 6.45) is 4.31.